The van der Waals surface area contributed by atoms with E-state index < -0.39 is 8.07 Å². The molecule has 1 unspecified atom stereocenters. The Labute approximate surface area is 347 Å². The quantitative estimate of drug-likeness (QED) is 0.112. The zero-order chi connectivity index (χ0) is 37.2. The van der Waals surface area contributed by atoms with Crippen molar-refractivity contribution >= 4 is 44.8 Å². The van der Waals surface area contributed by atoms with Crippen LogP contribution in [0.3, 0.4) is 0 Å². The molecule has 3 saturated carbocycles. The summed E-state index contributed by atoms with van der Waals surface area (Å²) in [5.41, 5.74) is 9.79. The fourth-order valence-corrected chi connectivity index (χ4v) is 11.8. The van der Waals surface area contributed by atoms with Crippen molar-refractivity contribution in [3.05, 3.63) is 139 Å². The normalized spacial score (nSPS) is 17.9. The zero-order valence-electron chi connectivity index (χ0n) is 32.9. The molecule has 1 atom stereocenters. The van der Waals surface area contributed by atoms with Gasteiger partial charge in [0.1, 0.15) is 0 Å². The smallest absolute Gasteiger partial charge is 0.0798 e. The second kappa shape index (κ2) is 17.2. The van der Waals surface area contributed by atoms with Gasteiger partial charge in [-0.15, -0.1) is 59.7 Å². The number of fused-ring (bicyclic) bond motifs is 6. The summed E-state index contributed by atoms with van der Waals surface area (Å²) in [6, 6.07) is 43.5. The second-order valence-electron chi connectivity index (χ2n) is 17.2. The molecule has 3 aliphatic rings. The summed E-state index contributed by atoms with van der Waals surface area (Å²) in [7, 11) is -1.34. The monoisotopic (exact) mass is 933 g/mol. The van der Waals surface area contributed by atoms with Crippen LogP contribution in [-0.2, 0) is 32.9 Å². The summed E-state index contributed by atoms with van der Waals surface area (Å²) in [5, 5.41) is 4.13. The van der Waals surface area contributed by atoms with Crippen LogP contribution in [0, 0.1) is 35.8 Å². The van der Waals surface area contributed by atoms with E-state index in [1.165, 1.54) is 86.1 Å². The van der Waals surface area contributed by atoms with Crippen molar-refractivity contribution < 1.29 is 20.1 Å². The fourth-order valence-electron chi connectivity index (χ4n) is 9.03. The minimum Gasteiger partial charge on any atom is -0.305 e. The number of hydrogen-bond donors (Lipinski definition) is 0. The molecule has 55 heavy (non-hydrogen) atoms. The Bertz CT molecular complexity index is 2350. The summed E-state index contributed by atoms with van der Waals surface area (Å²) < 4.78 is 2.62. The Kier molecular flexibility index (Phi) is 12.3. The van der Waals surface area contributed by atoms with Crippen LogP contribution >= 0.6 is 11.3 Å². The molecular formula is C50H52IrN2SSi-2. The maximum atomic E-state index is 4.81. The minimum atomic E-state index is -1.34. The van der Waals surface area contributed by atoms with Crippen LogP contribution in [0.2, 0.25) is 19.6 Å². The summed E-state index contributed by atoms with van der Waals surface area (Å²) in [6.45, 7) is 11.7. The van der Waals surface area contributed by atoms with Crippen molar-refractivity contribution in [2.45, 2.75) is 78.4 Å². The molecule has 0 amide bonds. The average Bonchev–Trinajstić information content (AvgIpc) is 3.57. The fraction of sp³-hybridized carbons (Fsp3) is 0.320. The van der Waals surface area contributed by atoms with Crippen LogP contribution in [0.4, 0.5) is 0 Å². The Morgan fingerprint density at radius 1 is 0.764 bits per heavy atom. The van der Waals surface area contributed by atoms with Crippen molar-refractivity contribution in [2.24, 2.45) is 23.7 Å². The molecule has 10 rings (SSSR count). The van der Waals surface area contributed by atoms with E-state index in [0.29, 0.717) is 5.92 Å². The van der Waals surface area contributed by atoms with Gasteiger partial charge < -0.3 is 9.97 Å². The predicted molar refractivity (Wildman–Crippen MR) is 234 cm³/mol. The van der Waals surface area contributed by atoms with Gasteiger partial charge in [0.15, 0.2) is 0 Å². The molecule has 3 fully saturated rings. The molecule has 3 aliphatic carbocycles. The summed E-state index contributed by atoms with van der Waals surface area (Å²) in [6.07, 6.45) is 13.7. The van der Waals surface area contributed by atoms with E-state index in [2.05, 4.69) is 142 Å². The first-order valence-electron chi connectivity index (χ1n) is 20.0. The molecule has 283 valence electrons. The predicted octanol–water partition coefficient (Wildman–Crippen LogP) is 13.2. The third-order valence-corrected chi connectivity index (χ3v) is 15.0. The van der Waals surface area contributed by atoms with Gasteiger partial charge in [-0.1, -0.05) is 111 Å². The molecule has 7 aromatic rings. The molecule has 0 saturated heterocycles. The van der Waals surface area contributed by atoms with Crippen molar-refractivity contribution in [1.82, 2.24) is 9.97 Å². The second-order valence-corrected chi connectivity index (χ2v) is 23.2. The van der Waals surface area contributed by atoms with E-state index >= 15 is 0 Å². The van der Waals surface area contributed by atoms with Crippen molar-refractivity contribution in [2.75, 3.05) is 0 Å². The average molecular weight is 933 g/mol. The Morgan fingerprint density at radius 3 is 2.27 bits per heavy atom. The number of rotatable bonds is 8. The zero-order valence-corrected chi connectivity index (χ0v) is 37.1. The van der Waals surface area contributed by atoms with E-state index in [4.69, 9.17) is 4.98 Å². The van der Waals surface area contributed by atoms with Gasteiger partial charge in [0.25, 0.3) is 0 Å². The van der Waals surface area contributed by atoms with E-state index in [1.54, 1.807) is 0 Å². The third kappa shape index (κ3) is 8.97. The topological polar surface area (TPSA) is 25.8 Å². The van der Waals surface area contributed by atoms with Gasteiger partial charge in [0.05, 0.1) is 8.07 Å². The first kappa shape index (κ1) is 39.5. The maximum Gasteiger partial charge on any atom is 0.0798 e. The molecule has 1 radical (unpaired) electrons. The van der Waals surface area contributed by atoms with Crippen LogP contribution in [0.1, 0.15) is 57.1 Å². The van der Waals surface area contributed by atoms with Gasteiger partial charge in [-0.2, -0.15) is 11.3 Å². The number of nitrogens with zero attached hydrogens (tertiary/aromatic N) is 2. The van der Waals surface area contributed by atoms with Gasteiger partial charge in [0.2, 0.25) is 0 Å². The first-order chi connectivity index (χ1) is 26.2. The Balaban J connectivity index is 0.000000191. The van der Waals surface area contributed by atoms with E-state index in [9.17, 15) is 0 Å². The van der Waals surface area contributed by atoms with Crippen LogP contribution < -0.4 is 5.19 Å². The number of hydrogen-bond acceptors (Lipinski definition) is 3. The maximum absolute atomic E-state index is 4.81. The minimum absolute atomic E-state index is 0. The van der Waals surface area contributed by atoms with Gasteiger partial charge in [-0.3, -0.25) is 0 Å². The largest absolute Gasteiger partial charge is 0.305 e. The van der Waals surface area contributed by atoms with Gasteiger partial charge >= 0.3 is 0 Å². The molecule has 0 aliphatic heterocycles. The number of thiophene rings is 1. The van der Waals surface area contributed by atoms with Crippen LogP contribution in [0.5, 0.6) is 0 Å². The molecule has 2 nitrogen and oxygen atoms in total. The molecule has 0 spiro atoms. The van der Waals surface area contributed by atoms with Crippen LogP contribution in [0.15, 0.2) is 116 Å². The molecular weight excluding hydrogens is 881 g/mol. The van der Waals surface area contributed by atoms with Crippen LogP contribution in [0.25, 0.3) is 53.8 Å². The first-order valence-corrected chi connectivity index (χ1v) is 24.4. The molecule has 3 heterocycles. The number of aromatic nitrogens is 2. The van der Waals surface area contributed by atoms with E-state index in [0.717, 1.165) is 46.7 Å². The molecule has 2 bridgehead atoms. The van der Waals surface area contributed by atoms with Crippen molar-refractivity contribution in [3.63, 3.8) is 0 Å². The number of pyridine rings is 2. The van der Waals surface area contributed by atoms with Crippen molar-refractivity contribution in [3.8, 4) is 33.6 Å². The number of benzene rings is 4. The summed E-state index contributed by atoms with van der Waals surface area (Å²) in [4.78, 5) is 9.50. The molecule has 0 N–H and O–H groups in total. The Morgan fingerprint density at radius 2 is 1.56 bits per heavy atom. The molecule has 4 aromatic carbocycles. The standard InChI is InChI=1S/C32H28NS.C18H24NSi.Ir/c1-2-5-23(6-3-1)25-13-14-31-29(20-25)27-7-4-8-28(32(27)34-31)30-19-22(15-16-33-30)18-26-17-21-9-11-24(26)12-10-21;1-14(2)11-16-12-17(15-9-7-6-8-10-15)19-13-18(16)20(3,4)5;/h1-7,13-16,19-21,24,26H,9-12,17-18H2;6-9,12-14H,11H2,1-5H3;/q2*-1;. The van der Waals surface area contributed by atoms with Gasteiger partial charge in [-0.25, -0.2) is 0 Å². The Hall–Kier alpha value is -3.73. The summed E-state index contributed by atoms with van der Waals surface area (Å²) in [5.74, 6) is 3.46. The third-order valence-electron chi connectivity index (χ3n) is 11.7. The van der Waals surface area contributed by atoms with E-state index in [-0.39, 0.29) is 20.1 Å². The van der Waals surface area contributed by atoms with Gasteiger partial charge in [0, 0.05) is 37.2 Å². The molecule has 5 heteroatoms. The van der Waals surface area contributed by atoms with E-state index in [1.807, 2.05) is 35.7 Å². The van der Waals surface area contributed by atoms with Crippen molar-refractivity contribution in [1.29, 1.82) is 0 Å². The SMILES string of the molecule is CC(C)Cc1cc(-c2[c-]cccc2)ncc1[Si](C)(C)C.[Ir].[c-]1ccc2c(sc3ccc(-c4ccccc4)cc32)c1-c1cc(CC2CC3CCC2CC3)ccn1. The van der Waals surface area contributed by atoms with Crippen LogP contribution in [-0.4, -0.2) is 18.0 Å². The summed E-state index contributed by atoms with van der Waals surface area (Å²) >= 11 is 1.87. The molecule has 3 aromatic heterocycles. The van der Waals surface area contributed by atoms with Gasteiger partial charge in [-0.05, 0) is 112 Å².